The van der Waals surface area contributed by atoms with Crippen LogP contribution in [0.25, 0.3) is 0 Å². The first-order valence-corrected chi connectivity index (χ1v) is 11.7. The van der Waals surface area contributed by atoms with Gasteiger partial charge >= 0.3 is 6.09 Å². The first-order valence-electron chi connectivity index (χ1n) is 11.7. The van der Waals surface area contributed by atoms with Gasteiger partial charge in [0.2, 0.25) is 11.8 Å². The Balaban J connectivity index is 1.54. The van der Waals surface area contributed by atoms with E-state index in [0.29, 0.717) is 24.4 Å². The van der Waals surface area contributed by atoms with Crippen molar-refractivity contribution in [2.75, 3.05) is 18.5 Å². The minimum atomic E-state index is -0.829. The molecule has 4 rings (SSSR count). The van der Waals surface area contributed by atoms with Gasteiger partial charge in [0, 0.05) is 24.8 Å². The fourth-order valence-corrected chi connectivity index (χ4v) is 4.16. The Morgan fingerprint density at radius 3 is 2.47 bits per heavy atom. The summed E-state index contributed by atoms with van der Waals surface area (Å²) in [6.07, 6.45) is 0.570. The van der Waals surface area contributed by atoms with Gasteiger partial charge in [0.25, 0.3) is 0 Å². The second kappa shape index (κ2) is 10.7. The molecule has 34 heavy (non-hydrogen) atoms. The molecule has 0 saturated carbocycles. The predicted octanol–water partition coefficient (Wildman–Crippen LogP) is 3.64. The molecule has 2 N–H and O–H groups in total. The molecule has 0 radical (unpaired) electrons. The van der Waals surface area contributed by atoms with Crippen molar-refractivity contribution in [3.8, 4) is 0 Å². The van der Waals surface area contributed by atoms with Crippen LogP contribution in [0.1, 0.15) is 43.9 Å². The number of carbonyl (C=O) groups is 3. The average Bonchev–Trinajstić information content (AvgIpc) is 3.47. The third-order valence-electron chi connectivity index (χ3n) is 6.11. The highest BCUT2D eigenvalue weighted by Crippen LogP contribution is 2.34. The molecule has 2 aromatic rings. The maximum absolute atomic E-state index is 13.3. The Morgan fingerprint density at radius 1 is 1.09 bits per heavy atom. The topological polar surface area (TPSA) is 97.0 Å². The zero-order chi connectivity index (χ0) is 24.1. The monoisotopic (exact) mass is 465 g/mol. The van der Waals surface area contributed by atoms with E-state index < -0.39 is 18.2 Å². The summed E-state index contributed by atoms with van der Waals surface area (Å²) >= 11 is 0. The SMILES string of the molecule is CC(C)C(=O)Nc1ccc(C2OC(=O)N(Cc3ccccc3)C2C(=O)NCC2CCCO2)cc1. The Hall–Kier alpha value is -3.39. The fraction of sp³-hybridized carbons (Fsp3) is 0.423. The first kappa shape index (κ1) is 23.8. The fourth-order valence-electron chi connectivity index (χ4n) is 4.16. The minimum absolute atomic E-state index is 0.00755. The molecular formula is C26H31N3O5. The summed E-state index contributed by atoms with van der Waals surface area (Å²) in [7, 11) is 0. The number of rotatable bonds is 8. The lowest BCUT2D eigenvalue weighted by Gasteiger charge is -2.25. The largest absolute Gasteiger partial charge is 0.438 e. The summed E-state index contributed by atoms with van der Waals surface area (Å²) in [4.78, 5) is 39.6. The number of benzene rings is 2. The van der Waals surface area contributed by atoms with Gasteiger partial charge in [0.05, 0.1) is 12.6 Å². The van der Waals surface area contributed by atoms with Crippen LogP contribution in [0, 0.1) is 5.92 Å². The summed E-state index contributed by atoms with van der Waals surface area (Å²) in [6, 6.07) is 15.7. The molecule has 2 saturated heterocycles. The van der Waals surface area contributed by atoms with Crippen LogP contribution in [0.4, 0.5) is 10.5 Å². The Kier molecular flexibility index (Phi) is 7.47. The van der Waals surface area contributed by atoms with Crippen molar-refractivity contribution >= 4 is 23.6 Å². The predicted molar refractivity (Wildman–Crippen MR) is 127 cm³/mol. The molecule has 180 valence electrons. The van der Waals surface area contributed by atoms with E-state index in [4.69, 9.17) is 9.47 Å². The van der Waals surface area contributed by atoms with Crippen LogP contribution in [-0.2, 0) is 25.6 Å². The number of hydrogen-bond acceptors (Lipinski definition) is 5. The van der Waals surface area contributed by atoms with Gasteiger partial charge in [-0.25, -0.2) is 4.79 Å². The molecule has 0 aliphatic carbocycles. The van der Waals surface area contributed by atoms with E-state index in [-0.39, 0.29) is 30.4 Å². The van der Waals surface area contributed by atoms with Crippen LogP contribution < -0.4 is 10.6 Å². The van der Waals surface area contributed by atoms with Gasteiger partial charge in [-0.15, -0.1) is 0 Å². The van der Waals surface area contributed by atoms with Crippen LogP contribution in [0.2, 0.25) is 0 Å². The number of amides is 3. The number of nitrogens with one attached hydrogen (secondary N) is 2. The summed E-state index contributed by atoms with van der Waals surface area (Å²) < 4.78 is 11.3. The molecule has 2 aliphatic rings. The lowest BCUT2D eigenvalue weighted by atomic mass is 10.00. The van der Waals surface area contributed by atoms with E-state index >= 15 is 0 Å². The molecule has 8 nitrogen and oxygen atoms in total. The minimum Gasteiger partial charge on any atom is -0.438 e. The number of ether oxygens (including phenoxy) is 2. The van der Waals surface area contributed by atoms with Crippen molar-refractivity contribution in [1.29, 1.82) is 0 Å². The molecule has 0 bridgehead atoms. The normalized spacial score (nSPS) is 22.0. The van der Waals surface area contributed by atoms with Crippen LogP contribution in [0.15, 0.2) is 54.6 Å². The second-order valence-corrected chi connectivity index (χ2v) is 9.01. The first-order chi connectivity index (χ1) is 16.4. The van der Waals surface area contributed by atoms with E-state index in [9.17, 15) is 14.4 Å². The van der Waals surface area contributed by atoms with Crippen molar-refractivity contribution in [1.82, 2.24) is 10.2 Å². The Morgan fingerprint density at radius 2 is 1.82 bits per heavy atom. The van der Waals surface area contributed by atoms with E-state index in [2.05, 4.69) is 10.6 Å². The third kappa shape index (κ3) is 5.56. The summed E-state index contributed by atoms with van der Waals surface area (Å²) in [6.45, 7) is 5.01. The molecule has 3 unspecified atom stereocenters. The summed E-state index contributed by atoms with van der Waals surface area (Å²) in [5.74, 6) is -0.501. The molecule has 2 aliphatic heterocycles. The number of hydrogen-bond donors (Lipinski definition) is 2. The zero-order valence-corrected chi connectivity index (χ0v) is 19.5. The summed E-state index contributed by atoms with van der Waals surface area (Å²) in [5.41, 5.74) is 2.24. The molecule has 0 aromatic heterocycles. The lowest BCUT2D eigenvalue weighted by Crippen LogP contribution is -2.47. The maximum Gasteiger partial charge on any atom is 0.411 e. The van der Waals surface area contributed by atoms with Crippen LogP contribution in [-0.4, -0.2) is 48.1 Å². The van der Waals surface area contributed by atoms with Crippen LogP contribution in [0.3, 0.4) is 0 Å². The average molecular weight is 466 g/mol. The standard InChI is InChI=1S/C26H31N3O5/c1-17(2)24(30)28-20-12-10-19(11-13-20)23-22(25(31)27-15-21-9-6-14-33-21)29(26(32)34-23)16-18-7-4-3-5-8-18/h3-5,7-8,10-13,17,21-23H,6,9,14-16H2,1-2H3,(H,27,31)(H,28,30). The summed E-state index contributed by atoms with van der Waals surface area (Å²) in [5, 5.41) is 5.80. The van der Waals surface area contributed by atoms with Crippen molar-refractivity contribution in [3.63, 3.8) is 0 Å². The van der Waals surface area contributed by atoms with Crippen molar-refractivity contribution in [2.24, 2.45) is 5.92 Å². The highest BCUT2D eigenvalue weighted by atomic mass is 16.6. The maximum atomic E-state index is 13.3. The van der Waals surface area contributed by atoms with E-state index in [1.54, 1.807) is 24.3 Å². The van der Waals surface area contributed by atoms with Crippen molar-refractivity contribution < 1.29 is 23.9 Å². The highest BCUT2D eigenvalue weighted by molar-refractivity contribution is 5.92. The van der Waals surface area contributed by atoms with Gasteiger partial charge in [-0.2, -0.15) is 0 Å². The van der Waals surface area contributed by atoms with Crippen LogP contribution >= 0.6 is 0 Å². The molecule has 3 atom stereocenters. The number of anilines is 1. The smallest absolute Gasteiger partial charge is 0.411 e. The Bertz CT molecular complexity index is 1000. The van der Waals surface area contributed by atoms with E-state index in [1.165, 1.54) is 4.90 Å². The van der Waals surface area contributed by atoms with E-state index in [1.807, 2.05) is 44.2 Å². The molecule has 2 aromatic carbocycles. The third-order valence-corrected chi connectivity index (χ3v) is 6.11. The highest BCUT2D eigenvalue weighted by Gasteiger charge is 2.47. The van der Waals surface area contributed by atoms with Gasteiger partial charge in [0.15, 0.2) is 12.1 Å². The van der Waals surface area contributed by atoms with Gasteiger partial charge in [0.1, 0.15) is 0 Å². The van der Waals surface area contributed by atoms with Gasteiger partial charge in [-0.3, -0.25) is 14.5 Å². The van der Waals surface area contributed by atoms with Gasteiger partial charge in [-0.1, -0.05) is 56.3 Å². The molecular weight excluding hydrogens is 434 g/mol. The van der Waals surface area contributed by atoms with Gasteiger partial charge in [-0.05, 0) is 36.1 Å². The lowest BCUT2D eigenvalue weighted by molar-refractivity contribution is -0.127. The van der Waals surface area contributed by atoms with Crippen molar-refractivity contribution in [3.05, 3.63) is 65.7 Å². The zero-order valence-electron chi connectivity index (χ0n) is 19.5. The second-order valence-electron chi connectivity index (χ2n) is 9.01. The molecule has 8 heteroatoms. The molecule has 0 spiro atoms. The van der Waals surface area contributed by atoms with Crippen molar-refractivity contribution in [2.45, 2.75) is 51.5 Å². The molecule has 3 amide bonds. The van der Waals surface area contributed by atoms with Gasteiger partial charge < -0.3 is 20.1 Å². The number of carbonyl (C=O) groups excluding carboxylic acids is 3. The number of nitrogens with zero attached hydrogens (tertiary/aromatic N) is 1. The Labute approximate surface area is 199 Å². The van der Waals surface area contributed by atoms with Crippen LogP contribution in [0.5, 0.6) is 0 Å². The molecule has 2 heterocycles. The van der Waals surface area contributed by atoms with E-state index in [0.717, 1.165) is 18.4 Å². The molecule has 2 fully saturated rings. The number of cyclic esters (lactones) is 1. The quantitative estimate of drug-likeness (QED) is 0.621.